The number of aryl methyl sites for hydroxylation is 1. The molecule has 2 heterocycles. The summed E-state index contributed by atoms with van der Waals surface area (Å²) < 4.78 is 12.7. The maximum atomic E-state index is 13.8. The van der Waals surface area contributed by atoms with Crippen LogP contribution < -0.4 is 5.32 Å². The molecule has 0 bridgehead atoms. The van der Waals surface area contributed by atoms with Gasteiger partial charge in [0.1, 0.15) is 22.2 Å². The molecule has 0 saturated heterocycles. The molecule has 0 spiro atoms. The van der Waals surface area contributed by atoms with Gasteiger partial charge < -0.3 is 19.4 Å². The lowest BCUT2D eigenvalue weighted by Gasteiger charge is -2.11. The molecular weight excluding hydrogens is 524 g/mol. The Bertz CT molecular complexity index is 1580. The lowest BCUT2D eigenvalue weighted by atomic mass is 10.0. The van der Waals surface area contributed by atoms with Gasteiger partial charge in [0.2, 0.25) is 0 Å². The van der Waals surface area contributed by atoms with Gasteiger partial charge in [-0.05, 0) is 61.1 Å². The molecule has 1 amide bonds. The topological polar surface area (TPSA) is 86.6 Å². The van der Waals surface area contributed by atoms with Crippen molar-refractivity contribution in [2.75, 3.05) is 11.9 Å². The van der Waals surface area contributed by atoms with Crippen LogP contribution in [-0.2, 0) is 22.6 Å². The molecule has 0 unspecified atom stereocenters. The number of carbonyl (C=O) groups excluding carboxylic acids is 3. The minimum absolute atomic E-state index is 0.0899. The molecule has 4 aromatic rings. The molecule has 0 radical (unpaired) electrons. The molecule has 2 aromatic heterocycles. The van der Waals surface area contributed by atoms with Gasteiger partial charge in [0.15, 0.2) is 0 Å². The monoisotopic (exact) mass is 558 g/mol. The predicted octanol–water partition coefficient (Wildman–Crippen LogP) is 7.42. The van der Waals surface area contributed by atoms with Crippen LogP contribution in [0.15, 0.2) is 61.2 Å². The average Bonchev–Trinajstić information content (AvgIpc) is 3.41. The molecule has 0 aliphatic heterocycles. The highest BCUT2D eigenvalue weighted by Crippen LogP contribution is 2.36. The van der Waals surface area contributed by atoms with E-state index >= 15 is 0 Å². The molecule has 0 aliphatic carbocycles. The summed E-state index contributed by atoms with van der Waals surface area (Å²) in [6, 6.07) is 15.5. The van der Waals surface area contributed by atoms with Crippen molar-refractivity contribution in [1.82, 2.24) is 4.57 Å². The van der Waals surface area contributed by atoms with Gasteiger partial charge in [-0.25, -0.2) is 9.59 Å². The first-order valence-electron chi connectivity index (χ1n) is 13.2. The molecule has 0 fully saturated rings. The minimum atomic E-state index is -0.612. The minimum Gasteiger partial charge on any atom is -0.462 e. The maximum Gasteiger partial charge on any atom is 0.349 e. The van der Waals surface area contributed by atoms with E-state index in [2.05, 4.69) is 37.9 Å². The van der Waals surface area contributed by atoms with Crippen LogP contribution in [0.3, 0.4) is 0 Å². The SMILES string of the molecule is C=CCn1c(C(=O)Nc2sc(C(=O)OCc3ccccc3)c(C)c2C(=O)OCC)c(C)c2cc(C(C)C)ccc21. The molecule has 4 rings (SSSR count). The largest absolute Gasteiger partial charge is 0.462 e. The lowest BCUT2D eigenvalue weighted by molar-refractivity contribution is 0.0477. The van der Waals surface area contributed by atoms with Crippen molar-refractivity contribution in [2.24, 2.45) is 0 Å². The number of nitrogens with one attached hydrogen (secondary N) is 1. The smallest absolute Gasteiger partial charge is 0.349 e. The third-order valence-electron chi connectivity index (χ3n) is 6.79. The Morgan fingerprint density at radius 2 is 1.75 bits per heavy atom. The highest BCUT2D eigenvalue weighted by atomic mass is 32.1. The number of nitrogens with zero attached hydrogens (tertiary/aromatic N) is 1. The van der Waals surface area contributed by atoms with E-state index in [4.69, 9.17) is 9.47 Å². The van der Waals surface area contributed by atoms with Crippen LogP contribution in [0.1, 0.15) is 79.5 Å². The van der Waals surface area contributed by atoms with E-state index in [1.165, 1.54) is 5.56 Å². The molecule has 0 atom stereocenters. The second-order valence-electron chi connectivity index (χ2n) is 9.80. The van der Waals surface area contributed by atoms with Gasteiger partial charge in [0.25, 0.3) is 5.91 Å². The van der Waals surface area contributed by atoms with Crippen LogP contribution >= 0.6 is 11.3 Å². The van der Waals surface area contributed by atoms with Crippen LogP contribution in [0.5, 0.6) is 0 Å². The Labute approximate surface area is 238 Å². The van der Waals surface area contributed by atoms with Crippen LogP contribution in [0.4, 0.5) is 5.00 Å². The zero-order valence-corrected chi connectivity index (χ0v) is 24.3. The fourth-order valence-electron chi connectivity index (χ4n) is 4.71. The quantitative estimate of drug-likeness (QED) is 0.162. The van der Waals surface area contributed by atoms with E-state index in [0.717, 1.165) is 33.4 Å². The first-order chi connectivity index (χ1) is 19.2. The fourth-order valence-corrected chi connectivity index (χ4v) is 5.79. The summed E-state index contributed by atoms with van der Waals surface area (Å²) in [6.45, 7) is 14.1. The molecule has 2 aromatic carbocycles. The van der Waals surface area contributed by atoms with Gasteiger partial charge in [-0.3, -0.25) is 4.79 Å². The van der Waals surface area contributed by atoms with Gasteiger partial charge in [0.05, 0.1) is 12.2 Å². The van der Waals surface area contributed by atoms with E-state index < -0.39 is 17.8 Å². The van der Waals surface area contributed by atoms with Gasteiger partial charge >= 0.3 is 11.9 Å². The molecule has 208 valence electrons. The van der Waals surface area contributed by atoms with Crippen molar-refractivity contribution >= 4 is 45.1 Å². The lowest BCUT2D eigenvalue weighted by Crippen LogP contribution is -2.19. The third kappa shape index (κ3) is 5.72. The number of benzene rings is 2. The van der Waals surface area contributed by atoms with Gasteiger partial charge in [-0.2, -0.15) is 0 Å². The van der Waals surface area contributed by atoms with Gasteiger partial charge in [-0.1, -0.05) is 56.3 Å². The van der Waals surface area contributed by atoms with Gasteiger partial charge in [0, 0.05) is 17.4 Å². The number of carbonyl (C=O) groups is 3. The summed E-state index contributed by atoms with van der Waals surface area (Å²) in [6.07, 6.45) is 1.74. The zero-order valence-electron chi connectivity index (χ0n) is 23.5. The van der Waals surface area contributed by atoms with Crippen molar-refractivity contribution in [1.29, 1.82) is 0 Å². The van der Waals surface area contributed by atoms with Crippen LogP contribution in [0, 0.1) is 13.8 Å². The number of thiophene rings is 1. The maximum absolute atomic E-state index is 13.8. The molecule has 7 nitrogen and oxygen atoms in total. The predicted molar refractivity (Wildman–Crippen MR) is 159 cm³/mol. The molecule has 0 saturated carbocycles. The molecule has 1 N–H and O–H groups in total. The number of anilines is 1. The third-order valence-corrected chi connectivity index (χ3v) is 7.97. The number of hydrogen-bond acceptors (Lipinski definition) is 6. The van der Waals surface area contributed by atoms with Gasteiger partial charge in [-0.15, -0.1) is 17.9 Å². The number of fused-ring (bicyclic) bond motifs is 1. The van der Waals surface area contributed by atoms with E-state index in [1.54, 1.807) is 19.9 Å². The van der Waals surface area contributed by atoms with Crippen LogP contribution in [-0.4, -0.2) is 29.0 Å². The van der Waals surface area contributed by atoms with Crippen LogP contribution in [0.2, 0.25) is 0 Å². The first kappa shape index (κ1) is 28.8. The van der Waals surface area contributed by atoms with E-state index in [1.807, 2.05) is 47.9 Å². The Kier molecular flexibility index (Phi) is 8.90. The number of esters is 2. The summed E-state index contributed by atoms with van der Waals surface area (Å²) in [4.78, 5) is 40.1. The van der Waals surface area contributed by atoms with Crippen molar-refractivity contribution < 1.29 is 23.9 Å². The standard InChI is InChI=1S/C32H34N2O5S/c1-7-16-34-25-15-14-23(19(3)4)17-24(25)20(5)27(34)29(35)33-30-26(31(36)38-8-2)21(6)28(40-30)32(37)39-18-22-12-10-9-11-13-22/h7,9-15,17,19H,1,8,16,18H2,2-6H3,(H,33,35). The summed E-state index contributed by atoms with van der Waals surface area (Å²) in [7, 11) is 0. The number of allylic oxidation sites excluding steroid dienone is 1. The summed E-state index contributed by atoms with van der Waals surface area (Å²) in [5.41, 5.74) is 4.78. The van der Waals surface area contributed by atoms with Crippen molar-refractivity contribution in [3.63, 3.8) is 0 Å². The van der Waals surface area contributed by atoms with Crippen LogP contribution in [0.25, 0.3) is 10.9 Å². The number of aromatic nitrogens is 1. The summed E-state index contributed by atoms with van der Waals surface area (Å²) in [5.74, 6) is -1.24. The highest BCUT2D eigenvalue weighted by molar-refractivity contribution is 7.18. The first-order valence-corrected chi connectivity index (χ1v) is 14.1. The molecule has 8 heteroatoms. The van der Waals surface area contributed by atoms with E-state index in [0.29, 0.717) is 23.7 Å². The number of amides is 1. The van der Waals surface area contributed by atoms with Crippen molar-refractivity contribution in [2.45, 2.75) is 53.7 Å². The average molecular weight is 559 g/mol. The highest BCUT2D eigenvalue weighted by Gasteiger charge is 2.29. The van der Waals surface area contributed by atoms with Crippen molar-refractivity contribution in [3.05, 3.63) is 99.6 Å². The number of hydrogen-bond donors (Lipinski definition) is 1. The second kappa shape index (κ2) is 12.3. The Balaban J connectivity index is 1.72. The molecule has 0 aliphatic rings. The van der Waals surface area contributed by atoms with Crippen molar-refractivity contribution in [3.8, 4) is 0 Å². The Hall–Kier alpha value is -4.17. The normalized spacial score (nSPS) is 11.1. The Morgan fingerprint density at radius 1 is 1.02 bits per heavy atom. The molecular formula is C32H34N2O5S. The number of ether oxygens (including phenoxy) is 2. The van der Waals surface area contributed by atoms with E-state index in [9.17, 15) is 14.4 Å². The fraction of sp³-hybridized carbons (Fsp3) is 0.281. The zero-order chi connectivity index (χ0) is 29.0. The summed E-state index contributed by atoms with van der Waals surface area (Å²) in [5, 5.41) is 4.13. The number of rotatable bonds is 10. The van der Waals surface area contributed by atoms with E-state index in [-0.39, 0.29) is 28.7 Å². The Morgan fingerprint density at radius 3 is 2.40 bits per heavy atom. The second-order valence-corrected chi connectivity index (χ2v) is 10.8. The summed E-state index contributed by atoms with van der Waals surface area (Å²) >= 11 is 1.01. The molecule has 40 heavy (non-hydrogen) atoms.